The van der Waals surface area contributed by atoms with Gasteiger partial charge in [0.15, 0.2) is 6.10 Å². The Hall–Kier alpha value is -4.37. The highest BCUT2D eigenvalue weighted by Crippen LogP contribution is 2.40. The Morgan fingerprint density at radius 3 is 2.26 bits per heavy atom. The third kappa shape index (κ3) is 7.28. The van der Waals surface area contributed by atoms with Crippen LogP contribution in [0.15, 0.2) is 71.9 Å². The molecule has 1 unspecified atom stereocenters. The summed E-state index contributed by atoms with van der Waals surface area (Å²) in [6, 6.07) is 20.4. The molecule has 1 atom stereocenters. The Kier molecular flexibility index (Phi) is 9.85. The number of rotatable bonds is 13. The van der Waals surface area contributed by atoms with Crippen LogP contribution in [-0.4, -0.2) is 67.4 Å². The molecule has 0 amide bonds. The number of nitrogens with zero attached hydrogens (tertiary/aromatic N) is 2. The number of ether oxygens (including phenoxy) is 2. The van der Waals surface area contributed by atoms with Gasteiger partial charge in [0, 0.05) is 36.4 Å². The molecule has 0 fully saturated rings. The van der Waals surface area contributed by atoms with Crippen LogP contribution in [0.5, 0.6) is 5.75 Å². The van der Waals surface area contributed by atoms with Crippen LogP contribution in [0.1, 0.15) is 59.8 Å². The average Bonchev–Trinajstić information content (AvgIpc) is 2.97. The predicted octanol–water partition coefficient (Wildman–Crippen LogP) is 5.38. The summed E-state index contributed by atoms with van der Waals surface area (Å²) in [7, 11) is 1.50. The highest BCUT2D eigenvalue weighted by Gasteiger charge is 2.32. The maximum atomic E-state index is 11.4. The number of aromatic carboxylic acids is 1. The van der Waals surface area contributed by atoms with Crippen LogP contribution in [0.3, 0.4) is 0 Å². The highest BCUT2D eigenvalue weighted by molar-refractivity contribution is 6.13. The Balaban J connectivity index is 1.46. The second-order valence-corrected chi connectivity index (χ2v) is 10.8. The highest BCUT2D eigenvalue weighted by atomic mass is 16.6. The van der Waals surface area contributed by atoms with Gasteiger partial charge in [-0.15, -0.1) is 0 Å². The Morgan fingerprint density at radius 2 is 1.64 bits per heavy atom. The monoisotopic (exact) mass is 574 g/mol. The van der Waals surface area contributed by atoms with E-state index in [4.69, 9.17) is 14.3 Å². The fraction of sp³-hybridized carbons (Fsp3) is 0.364. The molecule has 42 heavy (non-hydrogen) atoms. The molecule has 0 aliphatic carbocycles. The van der Waals surface area contributed by atoms with Crippen molar-refractivity contribution in [3.05, 3.63) is 94.5 Å². The van der Waals surface area contributed by atoms with Crippen molar-refractivity contribution in [2.45, 2.75) is 45.1 Å². The minimum Gasteiger partial charge on any atom is -0.492 e. The summed E-state index contributed by atoms with van der Waals surface area (Å²) in [5.74, 6) is -1.22. The Morgan fingerprint density at radius 1 is 0.976 bits per heavy atom. The van der Waals surface area contributed by atoms with Crippen LogP contribution in [0.25, 0.3) is 0 Å². The molecule has 3 aromatic carbocycles. The average molecular weight is 575 g/mol. The number of hydrogen-bond donors (Lipinski definition) is 2. The van der Waals surface area contributed by atoms with Crippen molar-refractivity contribution >= 4 is 23.3 Å². The minimum absolute atomic E-state index is 0.0564. The zero-order valence-corrected chi connectivity index (χ0v) is 24.5. The summed E-state index contributed by atoms with van der Waals surface area (Å²) in [6.45, 7) is 8.69. The molecule has 4 rings (SSSR count). The van der Waals surface area contributed by atoms with Gasteiger partial charge in [0.05, 0.1) is 12.1 Å². The number of carbonyl (C=O) groups is 2. The standard InChI is InChI=1S/C33H38N2O7/c1-5-41-29(32(38)39)20-22-6-13-26(14-7-22)42-19-18-35-17-16-33(2,3)27-21-25(12-15-28(27)35)30(34-40-4)23-8-10-24(11-9-23)31(36)37/h6-15,21,29H,5,16-20H2,1-4H3,(H,36,37)(H,38,39). The third-order valence-corrected chi connectivity index (χ3v) is 7.55. The van der Waals surface area contributed by atoms with Gasteiger partial charge in [-0.3, -0.25) is 0 Å². The smallest absolute Gasteiger partial charge is 0.335 e. The lowest BCUT2D eigenvalue weighted by Crippen LogP contribution is -2.39. The van der Waals surface area contributed by atoms with E-state index >= 15 is 0 Å². The molecule has 2 N–H and O–H groups in total. The van der Waals surface area contributed by atoms with Gasteiger partial charge in [-0.25, -0.2) is 9.59 Å². The van der Waals surface area contributed by atoms with Crippen LogP contribution < -0.4 is 9.64 Å². The summed E-state index contributed by atoms with van der Waals surface area (Å²) >= 11 is 0. The molecule has 3 aromatic rings. The van der Waals surface area contributed by atoms with Crippen molar-refractivity contribution in [3.8, 4) is 5.75 Å². The van der Waals surface area contributed by atoms with Crippen molar-refractivity contribution in [2.24, 2.45) is 5.16 Å². The van der Waals surface area contributed by atoms with Gasteiger partial charge in [0.2, 0.25) is 0 Å². The summed E-state index contributed by atoms with van der Waals surface area (Å²) in [6.07, 6.45) is 0.406. The predicted molar refractivity (Wildman–Crippen MR) is 161 cm³/mol. The van der Waals surface area contributed by atoms with Crippen LogP contribution >= 0.6 is 0 Å². The quantitative estimate of drug-likeness (QED) is 0.206. The lowest BCUT2D eigenvalue weighted by molar-refractivity contribution is -0.149. The van der Waals surface area contributed by atoms with Gasteiger partial charge < -0.3 is 29.4 Å². The molecule has 222 valence electrons. The molecule has 0 aromatic heterocycles. The zero-order chi connectivity index (χ0) is 30.3. The Labute approximate surface area is 246 Å². The van der Waals surface area contributed by atoms with Crippen molar-refractivity contribution in [2.75, 3.05) is 38.3 Å². The van der Waals surface area contributed by atoms with Gasteiger partial charge in [-0.1, -0.05) is 49.3 Å². The molecular formula is C33H38N2O7. The third-order valence-electron chi connectivity index (χ3n) is 7.55. The molecule has 0 radical (unpaired) electrons. The summed E-state index contributed by atoms with van der Waals surface area (Å²) in [5, 5.41) is 22.9. The van der Waals surface area contributed by atoms with Gasteiger partial charge in [0.1, 0.15) is 25.2 Å². The number of oxime groups is 1. The maximum Gasteiger partial charge on any atom is 0.335 e. The fourth-order valence-corrected chi connectivity index (χ4v) is 5.17. The van der Waals surface area contributed by atoms with Crippen molar-refractivity contribution in [1.29, 1.82) is 0 Å². The van der Waals surface area contributed by atoms with Gasteiger partial charge in [0.25, 0.3) is 0 Å². The molecule has 1 aliphatic heterocycles. The summed E-state index contributed by atoms with van der Waals surface area (Å²) in [4.78, 5) is 30.2. The molecular weight excluding hydrogens is 536 g/mol. The largest absolute Gasteiger partial charge is 0.492 e. The molecule has 9 nitrogen and oxygen atoms in total. The van der Waals surface area contributed by atoms with Crippen LogP contribution in [0, 0.1) is 0 Å². The number of carboxylic acid groups (broad SMARTS) is 2. The lowest BCUT2D eigenvalue weighted by atomic mass is 9.76. The first-order valence-corrected chi connectivity index (χ1v) is 14.0. The van der Waals surface area contributed by atoms with E-state index in [1.54, 1.807) is 31.2 Å². The van der Waals surface area contributed by atoms with Gasteiger partial charge in [-0.2, -0.15) is 0 Å². The van der Waals surface area contributed by atoms with Crippen LogP contribution in [0.2, 0.25) is 0 Å². The summed E-state index contributed by atoms with van der Waals surface area (Å²) < 4.78 is 11.4. The molecule has 0 saturated carbocycles. The zero-order valence-electron chi connectivity index (χ0n) is 24.5. The van der Waals surface area contributed by atoms with E-state index in [1.807, 2.05) is 30.3 Å². The molecule has 0 saturated heterocycles. The maximum absolute atomic E-state index is 11.4. The SMILES string of the molecule is CCOC(Cc1ccc(OCCN2CCC(C)(C)c3cc(C(=NOC)c4ccc(C(=O)O)cc4)ccc32)cc1)C(=O)O. The van der Waals surface area contributed by atoms with E-state index in [0.717, 1.165) is 41.1 Å². The molecule has 0 spiro atoms. The lowest BCUT2D eigenvalue weighted by Gasteiger charge is -2.40. The Bertz CT molecular complexity index is 1420. The number of aliphatic carboxylic acids is 1. The van der Waals surface area contributed by atoms with Gasteiger partial charge >= 0.3 is 11.9 Å². The second kappa shape index (κ2) is 13.5. The van der Waals surface area contributed by atoms with Crippen molar-refractivity contribution in [3.63, 3.8) is 0 Å². The minimum atomic E-state index is -0.977. The molecule has 9 heteroatoms. The van der Waals surface area contributed by atoms with Crippen LogP contribution in [0.4, 0.5) is 5.69 Å². The van der Waals surface area contributed by atoms with Crippen molar-refractivity contribution < 1.29 is 34.1 Å². The van der Waals surface area contributed by atoms with E-state index in [0.29, 0.717) is 31.9 Å². The first-order valence-electron chi connectivity index (χ1n) is 14.0. The normalized spacial score (nSPS) is 15.0. The second-order valence-electron chi connectivity index (χ2n) is 10.8. The van der Waals surface area contributed by atoms with E-state index in [2.05, 4.69) is 36.0 Å². The fourth-order valence-electron chi connectivity index (χ4n) is 5.17. The van der Waals surface area contributed by atoms with E-state index in [-0.39, 0.29) is 11.0 Å². The van der Waals surface area contributed by atoms with Crippen molar-refractivity contribution in [1.82, 2.24) is 0 Å². The molecule has 0 bridgehead atoms. The van der Waals surface area contributed by atoms with Gasteiger partial charge in [-0.05, 0) is 66.3 Å². The first kappa shape index (κ1) is 30.6. The van der Waals surface area contributed by atoms with E-state index in [1.165, 1.54) is 12.7 Å². The number of benzene rings is 3. The van der Waals surface area contributed by atoms with E-state index in [9.17, 15) is 19.8 Å². The summed E-state index contributed by atoms with van der Waals surface area (Å²) in [5.41, 5.74) is 5.66. The number of anilines is 1. The van der Waals surface area contributed by atoms with E-state index < -0.39 is 18.0 Å². The number of hydrogen-bond acceptors (Lipinski definition) is 7. The first-order chi connectivity index (χ1) is 20.1. The molecule has 1 aliphatic rings. The number of fused-ring (bicyclic) bond motifs is 1. The topological polar surface area (TPSA) is 118 Å². The van der Waals surface area contributed by atoms with Crippen LogP contribution in [-0.2, 0) is 26.2 Å². The molecule has 1 heterocycles. The number of carboxylic acids is 2.